The van der Waals surface area contributed by atoms with E-state index < -0.39 is 23.4 Å². The van der Waals surface area contributed by atoms with E-state index in [9.17, 15) is 18.0 Å². The van der Waals surface area contributed by atoms with E-state index in [4.69, 9.17) is 4.74 Å². The summed E-state index contributed by atoms with van der Waals surface area (Å²) in [6, 6.07) is 3.12. The van der Waals surface area contributed by atoms with Crippen molar-refractivity contribution in [2.45, 2.75) is 38.1 Å². The van der Waals surface area contributed by atoms with Crippen molar-refractivity contribution in [2.24, 2.45) is 0 Å². The van der Waals surface area contributed by atoms with E-state index in [1.165, 1.54) is 6.07 Å². The molecule has 0 saturated carbocycles. The van der Waals surface area contributed by atoms with E-state index in [0.29, 0.717) is 15.6 Å². The van der Waals surface area contributed by atoms with Gasteiger partial charge < -0.3 is 10.1 Å². The molecule has 1 unspecified atom stereocenters. The lowest BCUT2D eigenvalue weighted by Gasteiger charge is -2.29. The lowest BCUT2D eigenvalue weighted by atomic mass is 9.86. The second-order valence-electron chi connectivity index (χ2n) is 4.79. The molecule has 1 aliphatic heterocycles. The molecule has 1 amide bonds. The normalized spacial score (nSPS) is 26.3. The van der Waals surface area contributed by atoms with E-state index in [0.717, 1.165) is 12.1 Å². The smallest absolute Gasteiger partial charge is 0.416 e. The van der Waals surface area contributed by atoms with Crippen molar-refractivity contribution in [3.63, 3.8) is 0 Å². The SMILES string of the molecule is CC[C@H]1NC(=O)OC1(C)c1cc(C(F)(F)F)ccc1I. The number of rotatable bonds is 2. The van der Waals surface area contributed by atoms with Crippen molar-refractivity contribution in [2.75, 3.05) is 0 Å². The van der Waals surface area contributed by atoms with Gasteiger partial charge in [0.1, 0.15) is 0 Å². The molecule has 1 aliphatic rings. The van der Waals surface area contributed by atoms with Crippen LogP contribution in [0.1, 0.15) is 31.4 Å². The van der Waals surface area contributed by atoms with Crippen LogP contribution in [0, 0.1) is 3.57 Å². The van der Waals surface area contributed by atoms with Crippen molar-refractivity contribution in [3.8, 4) is 0 Å². The lowest BCUT2D eigenvalue weighted by molar-refractivity contribution is -0.137. The van der Waals surface area contributed by atoms with Gasteiger partial charge in [0.2, 0.25) is 0 Å². The van der Waals surface area contributed by atoms with Crippen molar-refractivity contribution in [1.82, 2.24) is 5.32 Å². The van der Waals surface area contributed by atoms with Crippen LogP contribution in [0.5, 0.6) is 0 Å². The molecule has 1 heterocycles. The minimum Gasteiger partial charge on any atom is -0.436 e. The van der Waals surface area contributed by atoms with Gasteiger partial charge in [0, 0.05) is 9.13 Å². The summed E-state index contributed by atoms with van der Waals surface area (Å²) in [5.74, 6) is 0. The maximum absolute atomic E-state index is 12.8. The molecule has 1 aromatic carbocycles. The Bertz CT molecular complexity index is 547. The first-order valence-electron chi connectivity index (χ1n) is 6.05. The number of ether oxygens (including phenoxy) is 1. The van der Waals surface area contributed by atoms with E-state index in [-0.39, 0.29) is 6.04 Å². The third-order valence-corrected chi connectivity index (χ3v) is 4.44. The van der Waals surface area contributed by atoms with Crippen molar-refractivity contribution < 1.29 is 22.7 Å². The Balaban J connectivity index is 2.53. The van der Waals surface area contributed by atoms with Gasteiger partial charge in [0.25, 0.3) is 0 Å². The van der Waals surface area contributed by atoms with Gasteiger partial charge in [-0.25, -0.2) is 4.79 Å². The summed E-state index contributed by atoms with van der Waals surface area (Å²) in [6.07, 6.45) is -4.46. The summed E-state index contributed by atoms with van der Waals surface area (Å²) in [6.45, 7) is 3.48. The van der Waals surface area contributed by atoms with Crippen LogP contribution < -0.4 is 5.32 Å². The zero-order valence-corrected chi connectivity index (χ0v) is 13.0. The summed E-state index contributed by atoms with van der Waals surface area (Å²) in [4.78, 5) is 11.4. The highest BCUT2D eigenvalue weighted by Crippen LogP contribution is 2.40. The molecule has 1 aromatic rings. The van der Waals surface area contributed by atoms with E-state index in [1.54, 1.807) is 6.92 Å². The van der Waals surface area contributed by atoms with Gasteiger partial charge in [-0.15, -0.1) is 0 Å². The molecule has 0 aromatic heterocycles. The summed E-state index contributed by atoms with van der Waals surface area (Å²) in [7, 11) is 0. The number of hydrogen-bond donors (Lipinski definition) is 1. The minimum atomic E-state index is -4.42. The van der Waals surface area contributed by atoms with Crippen molar-refractivity contribution in [3.05, 3.63) is 32.9 Å². The Kier molecular flexibility index (Phi) is 3.92. The Hall–Kier alpha value is -0.990. The number of amides is 1. The molecular formula is C13H13F3INO2. The molecule has 0 radical (unpaired) electrons. The van der Waals surface area contributed by atoms with Crippen LogP contribution in [0.4, 0.5) is 18.0 Å². The van der Waals surface area contributed by atoms with Gasteiger partial charge >= 0.3 is 12.3 Å². The summed E-state index contributed by atoms with van der Waals surface area (Å²) in [5, 5.41) is 2.63. The highest BCUT2D eigenvalue weighted by Gasteiger charge is 2.47. The summed E-state index contributed by atoms with van der Waals surface area (Å²) >= 11 is 1.95. The van der Waals surface area contributed by atoms with Crippen LogP contribution in [0.25, 0.3) is 0 Å². The largest absolute Gasteiger partial charge is 0.436 e. The average Bonchev–Trinajstić information content (AvgIpc) is 2.63. The highest BCUT2D eigenvalue weighted by molar-refractivity contribution is 14.1. The van der Waals surface area contributed by atoms with Gasteiger partial charge in [0.15, 0.2) is 5.60 Å². The van der Waals surface area contributed by atoms with Crippen LogP contribution in [0.15, 0.2) is 18.2 Å². The molecule has 2 rings (SSSR count). The second kappa shape index (κ2) is 5.09. The number of hydrogen-bond acceptors (Lipinski definition) is 2. The molecule has 7 heteroatoms. The number of halogens is 4. The number of alkyl carbamates (subject to hydrolysis) is 1. The fraction of sp³-hybridized carbons (Fsp3) is 0.462. The molecule has 3 nitrogen and oxygen atoms in total. The van der Waals surface area contributed by atoms with Gasteiger partial charge in [-0.05, 0) is 54.1 Å². The highest BCUT2D eigenvalue weighted by atomic mass is 127. The number of cyclic esters (lactones) is 1. The molecule has 20 heavy (non-hydrogen) atoms. The number of carbonyl (C=O) groups excluding carboxylic acids is 1. The standard InChI is InChI=1S/C13H13F3INO2/c1-3-10-12(2,20-11(19)18-10)8-6-7(13(14,15)16)4-5-9(8)17/h4-6,10H,3H2,1-2H3,(H,18,19)/t10-,12?/m1/s1. The first kappa shape index (κ1) is 15.4. The molecule has 110 valence electrons. The number of nitrogens with one attached hydrogen (secondary N) is 1. The monoisotopic (exact) mass is 399 g/mol. The molecule has 0 spiro atoms. The molecule has 0 bridgehead atoms. The van der Waals surface area contributed by atoms with Crippen LogP contribution in [-0.4, -0.2) is 12.1 Å². The molecular weight excluding hydrogens is 386 g/mol. The Morgan fingerprint density at radius 3 is 2.65 bits per heavy atom. The Morgan fingerprint density at radius 2 is 2.10 bits per heavy atom. The second-order valence-corrected chi connectivity index (χ2v) is 5.96. The minimum absolute atomic E-state index is 0.355. The number of benzene rings is 1. The zero-order chi connectivity index (χ0) is 15.1. The fourth-order valence-electron chi connectivity index (χ4n) is 2.39. The maximum atomic E-state index is 12.8. The predicted octanol–water partition coefficient (Wildman–Crippen LogP) is 4.04. The van der Waals surface area contributed by atoms with Crippen molar-refractivity contribution in [1.29, 1.82) is 0 Å². The van der Waals surface area contributed by atoms with Gasteiger partial charge in [-0.3, -0.25) is 0 Å². The summed E-state index contributed by atoms with van der Waals surface area (Å²) in [5.41, 5.74) is -1.46. The van der Waals surface area contributed by atoms with Crippen LogP contribution in [0.2, 0.25) is 0 Å². The Morgan fingerprint density at radius 1 is 1.45 bits per heavy atom. The first-order valence-corrected chi connectivity index (χ1v) is 7.13. The quantitative estimate of drug-likeness (QED) is 0.763. The molecule has 0 aliphatic carbocycles. The van der Waals surface area contributed by atoms with E-state index in [1.807, 2.05) is 29.5 Å². The van der Waals surface area contributed by atoms with E-state index >= 15 is 0 Å². The summed E-state index contributed by atoms with van der Waals surface area (Å²) < 4.78 is 44.4. The number of carbonyl (C=O) groups is 1. The van der Waals surface area contributed by atoms with Crippen LogP contribution in [-0.2, 0) is 16.5 Å². The first-order chi connectivity index (χ1) is 9.18. The zero-order valence-electron chi connectivity index (χ0n) is 10.8. The third kappa shape index (κ3) is 2.59. The lowest BCUT2D eigenvalue weighted by Crippen LogP contribution is -2.39. The molecule has 1 N–H and O–H groups in total. The van der Waals surface area contributed by atoms with Gasteiger partial charge in [0.05, 0.1) is 11.6 Å². The Labute approximate surface area is 128 Å². The number of alkyl halides is 3. The third-order valence-electron chi connectivity index (χ3n) is 3.50. The molecule has 1 saturated heterocycles. The topological polar surface area (TPSA) is 38.3 Å². The van der Waals surface area contributed by atoms with E-state index in [2.05, 4.69) is 5.32 Å². The molecule has 1 fully saturated rings. The van der Waals surface area contributed by atoms with Gasteiger partial charge in [-0.2, -0.15) is 13.2 Å². The van der Waals surface area contributed by atoms with Crippen molar-refractivity contribution >= 4 is 28.7 Å². The van der Waals surface area contributed by atoms with Crippen LogP contribution in [0.3, 0.4) is 0 Å². The average molecular weight is 399 g/mol. The maximum Gasteiger partial charge on any atom is 0.416 e. The predicted molar refractivity (Wildman–Crippen MR) is 75.2 cm³/mol. The fourth-order valence-corrected chi connectivity index (χ4v) is 3.26. The van der Waals surface area contributed by atoms with Gasteiger partial charge in [-0.1, -0.05) is 6.92 Å². The molecule has 2 atom stereocenters. The van der Waals surface area contributed by atoms with Crippen LogP contribution >= 0.6 is 22.6 Å².